The Morgan fingerprint density at radius 1 is 0.458 bits per heavy atom. The first-order chi connectivity index (χ1) is 23.6. The van der Waals surface area contributed by atoms with E-state index in [2.05, 4.69) is 129 Å². The van der Waals surface area contributed by atoms with Crippen LogP contribution in [0.2, 0.25) is 0 Å². The van der Waals surface area contributed by atoms with Gasteiger partial charge in [-0.3, -0.25) is 0 Å². The summed E-state index contributed by atoms with van der Waals surface area (Å²) in [6, 6.07) is 51.1. The average Bonchev–Trinajstić information content (AvgIpc) is 3.65. The first kappa shape index (κ1) is 26.1. The molecule has 0 fully saturated rings. The third-order valence-electron chi connectivity index (χ3n) is 11.0. The second-order valence-corrected chi connectivity index (χ2v) is 13.9. The zero-order chi connectivity index (χ0) is 31.7. The summed E-state index contributed by atoms with van der Waals surface area (Å²) in [6.07, 6.45) is 0. The molecule has 0 saturated carbocycles. The normalized spacial score (nSPS) is 13.8. The van der Waals surface area contributed by atoms with Crippen LogP contribution in [0.3, 0.4) is 0 Å². The van der Waals surface area contributed by atoms with E-state index in [1.54, 1.807) is 0 Å². The summed E-state index contributed by atoms with van der Waals surface area (Å²) in [5, 5.41) is 12.5. The molecule has 1 aliphatic carbocycles. The number of hydrogen-bond donors (Lipinski definition) is 0. The highest BCUT2D eigenvalue weighted by molar-refractivity contribution is 6.30. The number of rotatable bonds is 2. The molecule has 1 aromatic heterocycles. The summed E-state index contributed by atoms with van der Waals surface area (Å²) in [5.41, 5.74) is 10.4. The van der Waals surface area contributed by atoms with Gasteiger partial charge in [0.25, 0.3) is 0 Å². The van der Waals surface area contributed by atoms with Gasteiger partial charge in [-0.15, -0.1) is 0 Å². The molecule has 0 aliphatic heterocycles. The molecule has 0 bridgehead atoms. The standard InChI is InChI=1S/C46H29NO/c1-46(2)37-18-6-5-14-29(37)33-24-35-36(25-38(33)46)43(30-15-3-4-16-31(30)44(35)45-47-39-19-7-8-20-40(39)48-45)34-23-28-13-9-11-26-21-22-27-12-10-17-32(34)42(27)41(26)28/h3-25H,1-2H3. The predicted octanol–water partition coefficient (Wildman–Crippen LogP) is 12.7. The lowest BCUT2D eigenvalue weighted by atomic mass is 9.79. The fourth-order valence-electron chi connectivity index (χ4n) is 8.84. The number of nitrogens with zero attached hydrogens (tertiary/aromatic N) is 1. The number of fused-ring (bicyclic) bond motifs is 6. The van der Waals surface area contributed by atoms with Gasteiger partial charge >= 0.3 is 0 Å². The van der Waals surface area contributed by atoms with Crippen LogP contribution in [0.4, 0.5) is 0 Å². The maximum atomic E-state index is 6.59. The van der Waals surface area contributed by atoms with Gasteiger partial charge in [-0.25, -0.2) is 4.98 Å². The number of aromatic nitrogens is 1. The first-order valence-corrected chi connectivity index (χ1v) is 16.7. The Bertz CT molecular complexity index is 2950. The fraction of sp³-hybridized carbons (Fsp3) is 0.0652. The Hall–Kier alpha value is -5.99. The Labute approximate surface area is 277 Å². The van der Waals surface area contributed by atoms with E-state index in [9.17, 15) is 0 Å². The molecule has 9 aromatic carbocycles. The van der Waals surface area contributed by atoms with Gasteiger partial charge in [0.2, 0.25) is 5.89 Å². The Kier molecular flexibility index (Phi) is 4.94. The van der Waals surface area contributed by atoms with Gasteiger partial charge in [0.15, 0.2) is 5.58 Å². The molecule has 48 heavy (non-hydrogen) atoms. The highest BCUT2D eigenvalue weighted by Crippen LogP contribution is 2.54. The molecule has 0 atom stereocenters. The summed E-state index contributed by atoms with van der Waals surface area (Å²) in [5.74, 6) is 0.657. The average molecular weight is 612 g/mol. The van der Waals surface area contributed by atoms with Crippen LogP contribution in [-0.4, -0.2) is 4.98 Å². The molecule has 0 unspecified atom stereocenters. The minimum Gasteiger partial charge on any atom is -0.436 e. The largest absolute Gasteiger partial charge is 0.436 e. The highest BCUT2D eigenvalue weighted by Gasteiger charge is 2.36. The van der Waals surface area contributed by atoms with E-state index in [0.717, 1.165) is 27.4 Å². The van der Waals surface area contributed by atoms with Crippen LogP contribution in [0.1, 0.15) is 25.0 Å². The topological polar surface area (TPSA) is 26.0 Å². The van der Waals surface area contributed by atoms with Gasteiger partial charge in [0.05, 0.1) is 5.56 Å². The van der Waals surface area contributed by atoms with Crippen molar-refractivity contribution in [2.45, 2.75) is 19.3 Å². The third-order valence-corrected chi connectivity index (χ3v) is 11.0. The van der Waals surface area contributed by atoms with Crippen LogP contribution >= 0.6 is 0 Å². The van der Waals surface area contributed by atoms with Crippen LogP contribution in [0, 0.1) is 0 Å². The molecule has 224 valence electrons. The maximum absolute atomic E-state index is 6.59. The second kappa shape index (κ2) is 9.08. The number of oxazole rings is 1. The molecule has 2 heteroatoms. The molecule has 2 nitrogen and oxygen atoms in total. The van der Waals surface area contributed by atoms with E-state index in [1.165, 1.54) is 76.5 Å². The number of benzene rings is 9. The van der Waals surface area contributed by atoms with Crippen LogP contribution < -0.4 is 0 Å². The lowest BCUT2D eigenvalue weighted by Gasteiger charge is -2.24. The summed E-state index contributed by atoms with van der Waals surface area (Å²) in [7, 11) is 0. The van der Waals surface area contributed by atoms with E-state index in [1.807, 2.05) is 24.3 Å². The molecule has 0 radical (unpaired) electrons. The van der Waals surface area contributed by atoms with E-state index in [0.29, 0.717) is 5.89 Å². The summed E-state index contributed by atoms with van der Waals surface area (Å²) < 4.78 is 6.59. The van der Waals surface area contributed by atoms with Gasteiger partial charge in [-0.1, -0.05) is 123 Å². The maximum Gasteiger partial charge on any atom is 0.228 e. The minimum atomic E-state index is -0.139. The SMILES string of the molecule is CC1(C)c2ccccc2-c2cc3c(-c4nc5ccccc5o4)c4ccccc4c(-c4cc5cccc6ccc7cccc4c7c65)c3cc21. The first-order valence-electron chi connectivity index (χ1n) is 16.7. The Morgan fingerprint density at radius 2 is 1.12 bits per heavy atom. The molecule has 0 amide bonds. The quantitative estimate of drug-likeness (QED) is 0.144. The van der Waals surface area contributed by atoms with Crippen LogP contribution in [0.25, 0.3) is 98.7 Å². The van der Waals surface area contributed by atoms with E-state index >= 15 is 0 Å². The number of hydrogen-bond acceptors (Lipinski definition) is 2. The monoisotopic (exact) mass is 611 g/mol. The molecule has 1 aliphatic rings. The van der Waals surface area contributed by atoms with Crippen molar-refractivity contribution in [3.63, 3.8) is 0 Å². The molecule has 0 saturated heterocycles. The van der Waals surface area contributed by atoms with Gasteiger partial charge in [-0.2, -0.15) is 0 Å². The Balaban J connectivity index is 1.37. The highest BCUT2D eigenvalue weighted by atomic mass is 16.3. The van der Waals surface area contributed by atoms with Crippen molar-refractivity contribution in [1.29, 1.82) is 0 Å². The van der Waals surface area contributed by atoms with Crippen LogP contribution in [0.15, 0.2) is 144 Å². The second-order valence-electron chi connectivity index (χ2n) is 13.9. The zero-order valence-electron chi connectivity index (χ0n) is 26.6. The molecule has 0 N–H and O–H groups in total. The van der Waals surface area contributed by atoms with Crippen molar-refractivity contribution in [2.24, 2.45) is 0 Å². The summed E-state index contributed by atoms with van der Waals surface area (Å²) in [6.45, 7) is 4.73. The van der Waals surface area contributed by atoms with Crippen LogP contribution in [-0.2, 0) is 5.41 Å². The fourth-order valence-corrected chi connectivity index (χ4v) is 8.84. The Morgan fingerprint density at radius 3 is 1.98 bits per heavy atom. The van der Waals surface area contributed by atoms with Crippen molar-refractivity contribution in [3.8, 4) is 33.7 Å². The van der Waals surface area contributed by atoms with E-state index < -0.39 is 0 Å². The van der Waals surface area contributed by atoms with E-state index in [4.69, 9.17) is 9.40 Å². The van der Waals surface area contributed by atoms with Crippen molar-refractivity contribution < 1.29 is 4.42 Å². The molecule has 0 spiro atoms. The molecule has 11 rings (SSSR count). The molecule has 1 heterocycles. The van der Waals surface area contributed by atoms with Crippen LogP contribution in [0.5, 0.6) is 0 Å². The third kappa shape index (κ3) is 3.29. The van der Waals surface area contributed by atoms with Gasteiger partial charge < -0.3 is 4.42 Å². The minimum absolute atomic E-state index is 0.139. The van der Waals surface area contributed by atoms with Crippen molar-refractivity contribution in [1.82, 2.24) is 4.98 Å². The van der Waals surface area contributed by atoms with Crippen molar-refractivity contribution >= 4 is 65.0 Å². The lowest BCUT2D eigenvalue weighted by molar-refractivity contribution is 0.621. The zero-order valence-corrected chi connectivity index (χ0v) is 26.6. The summed E-state index contributed by atoms with van der Waals surface area (Å²) >= 11 is 0. The molecular weight excluding hydrogens is 583 g/mol. The molecular formula is C46H29NO. The van der Waals surface area contributed by atoms with Gasteiger partial charge in [0.1, 0.15) is 5.52 Å². The lowest BCUT2D eigenvalue weighted by Crippen LogP contribution is -2.14. The smallest absolute Gasteiger partial charge is 0.228 e. The van der Waals surface area contributed by atoms with Crippen molar-refractivity contribution in [2.75, 3.05) is 0 Å². The van der Waals surface area contributed by atoms with Gasteiger partial charge in [-0.05, 0) is 118 Å². The number of para-hydroxylation sites is 2. The molecule has 10 aromatic rings. The summed E-state index contributed by atoms with van der Waals surface area (Å²) in [4.78, 5) is 5.10. The van der Waals surface area contributed by atoms with E-state index in [-0.39, 0.29) is 5.41 Å². The van der Waals surface area contributed by atoms with Crippen molar-refractivity contribution in [3.05, 3.63) is 151 Å². The van der Waals surface area contributed by atoms with Gasteiger partial charge in [0, 0.05) is 5.41 Å². The predicted molar refractivity (Wildman–Crippen MR) is 201 cm³/mol.